The van der Waals surface area contributed by atoms with Gasteiger partial charge < -0.3 is 0 Å². The highest BCUT2D eigenvalue weighted by atomic mass is 31.2. The van der Waals surface area contributed by atoms with Crippen LogP contribution in [0.5, 0.6) is 0 Å². The third-order valence-corrected chi connectivity index (χ3v) is 9.07. The van der Waals surface area contributed by atoms with E-state index in [1.165, 1.54) is 17.4 Å². The summed E-state index contributed by atoms with van der Waals surface area (Å²) >= 11 is 0. The van der Waals surface area contributed by atoms with E-state index in [0.717, 1.165) is 12.3 Å². The molecule has 2 rings (SSSR count). The van der Waals surface area contributed by atoms with Crippen molar-refractivity contribution in [3.05, 3.63) is 70.3 Å². The second-order valence-corrected chi connectivity index (χ2v) is 9.89. The molecule has 4 nitrogen and oxygen atoms in total. The molecule has 120 valence electrons. The molecule has 5 heteroatoms. The molecule has 0 saturated heterocycles. The Morgan fingerprint density at radius 3 is 2.04 bits per heavy atom. The molecule has 0 atom stereocenters. The zero-order chi connectivity index (χ0) is 16.9. The standard InChI is InChI=1S/C18H21NO3P/c1-3-23(4-2,17-8-6-5-7-9-17)14-18(20)15-10-12-16(13-11-15)19(21)22/h5-13H,3-4,14H2,1-2H3/q+1. The van der Waals surface area contributed by atoms with Gasteiger partial charge >= 0.3 is 0 Å². The second kappa shape index (κ2) is 7.47. The average Bonchev–Trinajstić information content (AvgIpc) is 2.60. The van der Waals surface area contributed by atoms with Crippen molar-refractivity contribution in [2.45, 2.75) is 13.8 Å². The van der Waals surface area contributed by atoms with Crippen molar-refractivity contribution in [2.75, 3.05) is 18.5 Å². The third kappa shape index (κ3) is 3.83. The lowest BCUT2D eigenvalue weighted by Gasteiger charge is -2.24. The van der Waals surface area contributed by atoms with Gasteiger partial charge in [-0.25, -0.2) is 0 Å². The molecule has 0 N–H and O–H groups in total. The van der Waals surface area contributed by atoms with Gasteiger partial charge in [0, 0.05) is 17.7 Å². The number of non-ortho nitro benzene ring substituents is 1. The first kappa shape index (κ1) is 17.3. The lowest BCUT2D eigenvalue weighted by Crippen LogP contribution is -2.23. The van der Waals surface area contributed by atoms with Crippen LogP contribution in [0.1, 0.15) is 24.2 Å². The number of Topliss-reactive ketones (excluding diaryl/α,β-unsaturated/α-hetero) is 1. The third-order valence-electron chi connectivity index (χ3n) is 4.36. The van der Waals surface area contributed by atoms with Gasteiger partial charge in [-0.3, -0.25) is 14.9 Å². The van der Waals surface area contributed by atoms with Crippen molar-refractivity contribution < 1.29 is 9.72 Å². The normalized spacial score (nSPS) is 11.2. The van der Waals surface area contributed by atoms with E-state index >= 15 is 0 Å². The summed E-state index contributed by atoms with van der Waals surface area (Å²) in [5.74, 6) is 0.0702. The molecule has 0 heterocycles. The predicted octanol–water partition coefficient (Wildman–Crippen LogP) is 4.16. The van der Waals surface area contributed by atoms with Crippen LogP contribution in [-0.4, -0.2) is 29.2 Å². The largest absolute Gasteiger partial charge is 0.290 e. The minimum absolute atomic E-state index is 0.0108. The van der Waals surface area contributed by atoms with Gasteiger partial charge in [-0.2, -0.15) is 0 Å². The van der Waals surface area contributed by atoms with Gasteiger partial charge in [-0.1, -0.05) is 18.2 Å². The van der Waals surface area contributed by atoms with Crippen molar-refractivity contribution in [3.8, 4) is 0 Å². The Hall–Kier alpha value is -2.06. The monoisotopic (exact) mass is 330 g/mol. The highest BCUT2D eigenvalue weighted by Crippen LogP contribution is 2.57. The highest BCUT2D eigenvalue weighted by Gasteiger charge is 2.38. The molecule has 0 radical (unpaired) electrons. The number of ketones is 1. The molecule has 0 aliphatic heterocycles. The quantitative estimate of drug-likeness (QED) is 0.331. The van der Waals surface area contributed by atoms with E-state index < -0.39 is 12.2 Å². The number of hydrogen-bond acceptors (Lipinski definition) is 3. The molecule has 0 spiro atoms. The van der Waals surface area contributed by atoms with E-state index in [4.69, 9.17) is 0 Å². The van der Waals surface area contributed by atoms with Gasteiger partial charge in [0.15, 0.2) is 5.78 Å². The van der Waals surface area contributed by atoms with E-state index in [2.05, 4.69) is 26.0 Å². The van der Waals surface area contributed by atoms with Gasteiger partial charge in [0.2, 0.25) is 0 Å². The molecule has 2 aromatic carbocycles. The highest BCUT2D eigenvalue weighted by molar-refractivity contribution is 7.83. The first-order chi connectivity index (χ1) is 11.0. The average molecular weight is 330 g/mol. The number of benzene rings is 2. The summed E-state index contributed by atoms with van der Waals surface area (Å²) in [4.78, 5) is 23.0. The number of nitro benzene ring substituents is 1. The molecular formula is C18H21NO3P+. The molecule has 0 saturated carbocycles. The fourth-order valence-electron chi connectivity index (χ4n) is 2.78. The summed E-state index contributed by atoms with van der Waals surface area (Å²) < 4.78 is 0. The van der Waals surface area contributed by atoms with E-state index in [-0.39, 0.29) is 11.5 Å². The maximum atomic E-state index is 12.7. The summed E-state index contributed by atoms with van der Waals surface area (Å²) in [7, 11) is -1.55. The maximum Gasteiger partial charge on any atom is 0.269 e. The van der Waals surface area contributed by atoms with Crippen molar-refractivity contribution in [3.63, 3.8) is 0 Å². The molecule has 2 aromatic rings. The van der Waals surface area contributed by atoms with Crippen LogP contribution in [0.25, 0.3) is 0 Å². The Labute approximate surface area is 137 Å². The van der Waals surface area contributed by atoms with Gasteiger partial charge in [-0.15, -0.1) is 0 Å². The van der Waals surface area contributed by atoms with Crippen molar-refractivity contribution >= 4 is 24.0 Å². The second-order valence-electron chi connectivity index (χ2n) is 5.50. The molecule has 23 heavy (non-hydrogen) atoms. The van der Waals surface area contributed by atoms with E-state index in [1.807, 2.05) is 18.2 Å². The fraction of sp³-hybridized carbons (Fsp3) is 0.278. The number of nitro groups is 1. The Bertz CT molecular complexity index is 679. The SMILES string of the molecule is CC[P+](CC)(CC(=O)c1ccc([N+](=O)[O-])cc1)c1ccccc1. The smallest absolute Gasteiger partial charge is 0.269 e. The molecule has 0 aliphatic carbocycles. The lowest BCUT2D eigenvalue weighted by atomic mass is 10.1. The van der Waals surface area contributed by atoms with Crippen molar-refractivity contribution in [1.82, 2.24) is 0 Å². The van der Waals surface area contributed by atoms with Crippen LogP contribution < -0.4 is 5.30 Å². The molecule has 0 bridgehead atoms. The van der Waals surface area contributed by atoms with Crippen molar-refractivity contribution in [2.24, 2.45) is 0 Å². The Morgan fingerprint density at radius 2 is 1.57 bits per heavy atom. The molecule has 0 fully saturated rings. The molecule has 0 amide bonds. The number of carbonyl (C=O) groups excluding carboxylic acids is 1. The zero-order valence-electron chi connectivity index (χ0n) is 13.4. The van der Waals surface area contributed by atoms with Crippen LogP contribution in [0.15, 0.2) is 54.6 Å². The van der Waals surface area contributed by atoms with Crippen LogP contribution in [0.2, 0.25) is 0 Å². The lowest BCUT2D eigenvalue weighted by molar-refractivity contribution is -0.384. The summed E-state index contributed by atoms with van der Waals surface area (Å²) in [6.45, 7) is 4.29. The predicted molar refractivity (Wildman–Crippen MR) is 96.4 cm³/mol. The minimum Gasteiger partial charge on any atom is -0.290 e. The molecule has 0 unspecified atom stereocenters. The van der Waals surface area contributed by atoms with Crippen LogP contribution in [-0.2, 0) is 0 Å². The Kier molecular flexibility index (Phi) is 5.62. The van der Waals surface area contributed by atoms with Gasteiger partial charge in [-0.05, 0) is 38.1 Å². The van der Waals surface area contributed by atoms with Gasteiger partial charge in [0.1, 0.15) is 6.16 Å². The number of carbonyl (C=O) groups is 1. The topological polar surface area (TPSA) is 60.2 Å². The molecule has 0 aromatic heterocycles. The number of nitrogens with zero attached hydrogens (tertiary/aromatic N) is 1. The summed E-state index contributed by atoms with van der Waals surface area (Å²) in [5.41, 5.74) is 0.564. The first-order valence-electron chi connectivity index (χ1n) is 7.71. The number of rotatable bonds is 7. The van der Waals surface area contributed by atoms with Crippen LogP contribution in [0.4, 0.5) is 5.69 Å². The van der Waals surface area contributed by atoms with Crippen LogP contribution in [0, 0.1) is 10.1 Å². The summed E-state index contributed by atoms with van der Waals surface area (Å²) in [6.07, 6.45) is 2.47. The first-order valence-corrected chi connectivity index (χ1v) is 10.1. The molecule has 0 aliphatic rings. The fourth-order valence-corrected chi connectivity index (χ4v) is 6.13. The summed E-state index contributed by atoms with van der Waals surface area (Å²) in [5, 5.41) is 12.0. The maximum absolute atomic E-state index is 12.7. The van der Waals surface area contributed by atoms with Gasteiger partial charge in [0.25, 0.3) is 5.69 Å². The van der Waals surface area contributed by atoms with E-state index in [0.29, 0.717) is 11.7 Å². The van der Waals surface area contributed by atoms with E-state index in [9.17, 15) is 14.9 Å². The number of hydrogen-bond donors (Lipinski definition) is 0. The van der Waals surface area contributed by atoms with Crippen LogP contribution in [0.3, 0.4) is 0 Å². The zero-order valence-corrected chi connectivity index (χ0v) is 14.3. The summed E-state index contributed by atoms with van der Waals surface area (Å²) in [6, 6.07) is 16.2. The van der Waals surface area contributed by atoms with Crippen LogP contribution >= 0.6 is 7.26 Å². The Balaban J connectivity index is 2.26. The Morgan fingerprint density at radius 1 is 1.00 bits per heavy atom. The minimum atomic E-state index is -1.55. The van der Waals surface area contributed by atoms with E-state index in [1.54, 1.807) is 12.1 Å². The van der Waals surface area contributed by atoms with Crippen molar-refractivity contribution in [1.29, 1.82) is 0 Å². The van der Waals surface area contributed by atoms with Gasteiger partial charge in [0.05, 0.1) is 29.8 Å². The molecular weight excluding hydrogens is 309 g/mol.